The Morgan fingerprint density at radius 3 is 2.79 bits per heavy atom. The smallest absolute Gasteiger partial charge is 0.431 e. The van der Waals surface area contributed by atoms with Gasteiger partial charge in [-0.15, -0.1) is 0 Å². The summed E-state index contributed by atoms with van der Waals surface area (Å²) in [6.07, 6.45) is 4.76. The van der Waals surface area contributed by atoms with Crippen molar-refractivity contribution in [1.29, 1.82) is 5.26 Å². The number of hydrogen-bond donors (Lipinski definition) is 0. The molecule has 3 aromatic rings. The molecule has 9 heteroatoms. The van der Waals surface area contributed by atoms with E-state index in [1.807, 2.05) is 0 Å². The molecule has 2 aromatic carbocycles. The number of anilines is 2. The zero-order chi connectivity index (χ0) is 29.9. The molecular weight excluding hydrogens is 538 g/mol. The van der Waals surface area contributed by atoms with Crippen LogP contribution in [0.25, 0.3) is 10.8 Å². The van der Waals surface area contributed by atoms with Gasteiger partial charge in [-0.3, -0.25) is 14.6 Å². The van der Waals surface area contributed by atoms with Crippen molar-refractivity contribution in [2.24, 2.45) is 0 Å². The highest BCUT2D eigenvalue weighted by Gasteiger charge is 2.37. The lowest BCUT2D eigenvalue weighted by Gasteiger charge is -2.39. The molecule has 0 unspecified atom stereocenters. The van der Waals surface area contributed by atoms with Crippen LogP contribution in [0.5, 0.6) is 6.01 Å². The van der Waals surface area contributed by atoms with Crippen molar-refractivity contribution in [3.05, 3.63) is 66.4 Å². The number of H-pyrrole nitrogens is 1. The van der Waals surface area contributed by atoms with E-state index in [-0.39, 0.29) is 18.4 Å². The number of nitriles is 1. The number of likely N-dealkylation sites (tertiary alicyclic amines) is 1. The van der Waals surface area contributed by atoms with Crippen LogP contribution in [-0.4, -0.2) is 78.1 Å². The van der Waals surface area contributed by atoms with Gasteiger partial charge < -0.3 is 14.5 Å². The van der Waals surface area contributed by atoms with Crippen molar-refractivity contribution in [3.63, 3.8) is 0 Å². The first-order valence-corrected chi connectivity index (χ1v) is 15.6. The third-order valence-electron chi connectivity index (χ3n) is 9.26. The van der Waals surface area contributed by atoms with Crippen LogP contribution in [0.3, 0.4) is 0 Å². The molecule has 3 aliphatic heterocycles. The molecule has 4 heterocycles. The van der Waals surface area contributed by atoms with E-state index >= 15 is 0 Å². The molecule has 43 heavy (non-hydrogen) atoms. The first-order valence-electron chi connectivity index (χ1n) is 15.6. The maximum atomic E-state index is 12.6. The largest absolute Gasteiger partial charge is 0.439 e. The number of benzene rings is 2. The Morgan fingerprint density at radius 1 is 1.14 bits per heavy atom. The van der Waals surface area contributed by atoms with Gasteiger partial charge in [-0.2, -0.15) is 5.26 Å². The molecular formula is C34H42N7O2+. The third kappa shape index (κ3) is 5.89. The number of piperazine rings is 1. The van der Waals surface area contributed by atoms with E-state index in [9.17, 15) is 10.1 Å². The minimum absolute atomic E-state index is 0.123. The Morgan fingerprint density at radius 2 is 1.98 bits per heavy atom. The molecule has 224 valence electrons. The predicted molar refractivity (Wildman–Crippen MR) is 168 cm³/mol. The second kappa shape index (κ2) is 12.6. The van der Waals surface area contributed by atoms with Crippen LogP contribution in [0.4, 0.5) is 11.5 Å². The van der Waals surface area contributed by atoms with Crippen molar-refractivity contribution >= 4 is 28.2 Å². The molecule has 3 aliphatic rings. The number of nitrogens with zero attached hydrogens (tertiary/aromatic N) is 6. The Hall–Kier alpha value is -4.16. The number of fused-ring (bicyclic) bond motifs is 2. The summed E-state index contributed by atoms with van der Waals surface area (Å²) < 4.78 is 6.45. The van der Waals surface area contributed by atoms with Crippen LogP contribution in [0.1, 0.15) is 44.4 Å². The Kier molecular flexibility index (Phi) is 8.48. The van der Waals surface area contributed by atoms with Crippen molar-refractivity contribution in [3.8, 4) is 12.1 Å². The molecule has 2 saturated heterocycles. The maximum absolute atomic E-state index is 12.6. The van der Waals surface area contributed by atoms with Crippen molar-refractivity contribution in [1.82, 2.24) is 14.8 Å². The van der Waals surface area contributed by atoms with E-state index in [1.54, 1.807) is 4.90 Å². The van der Waals surface area contributed by atoms with Gasteiger partial charge in [0.2, 0.25) is 11.7 Å². The highest BCUT2D eigenvalue weighted by molar-refractivity contribution is 5.94. The van der Waals surface area contributed by atoms with Crippen molar-refractivity contribution in [2.75, 3.05) is 49.1 Å². The Bertz CT molecular complexity index is 1530. The monoisotopic (exact) mass is 580 g/mol. The fraction of sp³-hybridized carbons (Fsp3) is 0.471. The first-order chi connectivity index (χ1) is 21.0. The molecule has 2 atom stereocenters. The lowest BCUT2D eigenvalue weighted by molar-refractivity contribution is -0.388. The summed E-state index contributed by atoms with van der Waals surface area (Å²) in [5.74, 6) is 0.875. The van der Waals surface area contributed by atoms with E-state index in [0.29, 0.717) is 50.9 Å². The van der Waals surface area contributed by atoms with Crippen LogP contribution in [-0.2, 0) is 17.8 Å². The zero-order valence-electron chi connectivity index (χ0n) is 25.3. The number of aromatic amines is 1. The predicted octanol–water partition coefficient (Wildman–Crippen LogP) is 3.98. The number of nitrogens with one attached hydrogen (secondary N) is 1. The molecule has 0 spiro atoms. The SMILES string of the molecule is C=CC(=O)N1CCN(c2[nH+]c(OC[C@@H]3CCCN3C(C)C)nc3c2CCN(c2cccc4ccccc24)C3)C[C@@H]1CC#N. The van der Waals surface area contributed by atoms with Gasteiger partial charge in [0.15, 0.2) is 0 Å². The van der Waals surface area contributed by atoms with Crippen LogP contribution >= 0.6 is 0 Å². The summed E-state index contributed by atoms with van der Waals surface area (Å²) in [4.78, 5) is 30.2. The van der Waals surface area contributed by atoms with Gasteiger partial charge in [0, 0.05) is 29.7 Å². The summed E-state index contributed by atoms with van der Waals surface area (Å²) in [5, 5.41) is 12.0. The molecule has 9 nitrogen and oxygen atoms in total. The Balaban J connectivity index is 1.32. The number of aromatic nitrogens is 2. The molecule has 6 rings (SSSR count). The highest BCUT2D eigenvalue weighted by atomic mass is 16.5. The molecule has 1 amide bonds. The summed E-state index contributed by atoms with van der Waals surface area (Å²) in [7, 11) is 0. The standard InChI is InChI=1S/C34H41N7O2/c1-4-32(42)41-20-19-39(21-26(41)14-16-35)33-29-15-18-38(31-13-7-10-25-9-5-6-12-28(25)31)22-30(29)36-34(37-33)43-23-27-11-8-17-40(27)24(2)3/h4-7,9-10,12-13,24,26-27H,1,8,11,14-15,17-23H2,2-3H3/p+1/t26-,27-/m0/s1. The molecule has 1 N–H and O–H groups in total. The Labute approximate surface area is 254 Å². The summed E-state index contributed by atoms with van der Waals surface area (Å²) >= 11 is 0. The third-order valence-corrected chi connectivity index (χ3v) is 9.26. The highest BCUT2D eigenvalue weighted by Crippen LogP contribution is 2.33. The first kappa shape index (κ1) is 28.9. The zero-order valence-corrected chi connectivity index (χ0v) is 25.3. The minimum atomic E-state index is -0.209. The van der Waals surface area contributed by atoms with Gasteiger partial charge in [-0.05, 0) is 57.2 Å². The van der Waals surface area contributed by atoms with Crippen LogP contribution < -0.4 is 19.5 Å². The maximum Gasteiger partial charge on any atom is 0.431 e. The summed E-state index contributed by atoms with van der Waals surface area (Å²) in [6, 6.07) is 18.5. The van der Waals surface area contributed by atoms with E-state index < -0.39 is 0 Å². The molecule has 0 aliphatic carbocycles. The fourth-order valence-corrected chi connectivity index (χ4v) is 7.10. The summed E-state index contributed by atoms with van der Waals surface area (Å²) in [5.41, 5.74) is 3.41. The molecule has 1 aromatic heterocycles. The molecule has 0 saturated carbocycles. The van der Waals surface area contributed by atoms with E-state index in [2.05, 4.69) is 88.6 Å². The van der Waals surface area contributed by atoms with Gasteiger partial charge >= 0.3 is 6.01 Å². The van der Waals surface area contributed by atoms with Crippen LogP contribution in [0, 0.1) is 11.3 Å². The number of carbonyl (C=O) groups is 1. The molecule has 0 bridgehead atoms. The molecule has 2 fully saturated rings. The number of rotatable bonds is 8. The fourth-order valence-electron chi connectivity index (χ4n) is 7.10. The number of hydrogen-bond acceptors (Lipinski definition) is 7. The van der Waals surface area contributed by atoms with Gasteiger partial charge in [-0.1, -0.05) is 48.0 Å². The van der Waals surface area contributed by atoms with Crippen LogP contribution in [0.2, 0.25) is 0 Å². The van der Waals surface area contributed by atoms with Gasteiger partial charge in [-0.25, -0.2) is 4.98 Å². The average Bonchev–Trinajstić information content (AvgIpc) is 3.52. The van der Waals surface area contributed by atoms with Crippen molar-refractivity contribution in [2.45, 2.75) is 64.2 Å². The topological polar surface area (TPSA) is 90.1 Å². The second-order valence-electron chi connectivity index (χ2n) is 12.1. The average molecular weight is 581 g/mol. The van der Waals surface area contributed by atoms with Crippen molar-refractivity contribution < 1.29 is 14.5 Å². The van der Waals surface area contributed by atoms with Gasteiger partial charge in [0.1, 0.15) is 12.3 Å². The summed E-state index contributed by atoms with van der Waals surface area (Å²) in [6.45, 7) is 13.2. The lowest BCUT2D eigenvalue weighted by Crippen LogP contribution is -2.56. The number of carbonyl (C=O) groups excluding carboxylic acids is 1. The normalized spacial score (nSPS) is 20.7. The van der Waals surface area contributed by atoms with Crippen LogP contribution in [0.15, 0.2) is 55.1 Å². The second-order valence-corrected chi connectivity index (χ2v) is 12.1. The van der Waals surface area contributed by atoms with E-state index in [1.165, 1.54) is 34.5 Å². The molecule has 0 radical (unpaired) electrons. The van der Waals surface area contributed by atoms with E-state index in [4.69, 9.17) is 9.72 Å². The lowest BCUT2D eigenvalue weighted by atomic mass is 10.0. The number of ether oxygens (including phenoxy) is 1. The van der Waals surface area contributed by atoms with E-state index in [0.717, 1.165) is 37.4 Å². The quantitative estimate of drug-likeness (QED) is 0.373. The van der Waals surface area contributed by atoms with Gasteiger partial charge in [0.05, 0.1) is 50.3 Å². The minimum Gasteiger partial charge on any atom is -0.439 e. The van der Waals surface area contributed by atoms with Gasteiger partial charge in [0.25, 0.3) is 0 Å². The number of amides is 1.